The first kappa shape index (κ1) is 28.8. The average Bonchev–Trinajstić information content (AvgIpc) is 3.50. The minimum atomic E-state index is -0.538. The minimum Gasteiger partial charge on any atom is -0.396 e. The van der Waals surface area contributed by atoms with Crippen molar-refractivity contribution in [2.45, 2.75) is 80.7 Å². The molecule has 3 saturated heterocycles. The molecule has 3 aliphatic rings. The molecule has 5 atom stereocenters. The van der Waals surface area contributed by atoms with Gasteiger partial charge in [0, 0.05) is 45.1 Å². The van der Waals surface area contributed by atoms with Gasteiger partial charge in [-0.1, -0.05) is 44.8 Å². The van der Waals surface area contributed by atoms with Crippen molar-refractivity contribution in [3.8, 4) is 0 Å². The highest BCUT2D eigenvalue weighted by Gasteiger charge is 2.73. The number of thioether (sulfide) groups is 1. The van der Waals surface area contributed by atoms with Crippen LogP contribution in [0.5, 0.6) is 0 Å². The van der Waals surface area contributed by atoms with Gasteiger partial charge in [-0.15, -0.1) is 24.9 Å². The normalized spacial score (nSPS) is 28.3. The van der Waals surface area contributed by atoms with Gasteiger partial charge in [0.2, 0.25) is 17.7 Å². The van der Waals surface area contributed by atoms with E-state index in [4.69, 9.17) is 5.11 Å². The lowest BCUT2D eigenvalue weighted by Crippen LogP contribution is -2.55. The number of hydrogen-bond donors (Lipinski definition) is 1. The number of aliphatic hydroxyl groups excluding tert-OH is 1. The van der Waals surface area contributed by atoms with E-state index in [1.54, 1.807) is 35.9 Å². The van der Waals surface area contributed by atoms with E-state index >= 15 is 0 Å². The first-order chi connectivity index (χ1) is 17.4. The Morgan fingerprint density at radius 3 is 2.50 bits per heavy atom. The maximum atomic E-state index is 14.2. The number of carbonyl (C=O) groups excluding carboxylic acids is 3. The monoisotopic (exact) mass is 519 g/mol. The number of rotatable bonds is 16. The van der Waals surface area contributed by atoms with E-state index in [2.05, 4.69) is 20.1 Å². The Hall–Kier alpha value is -1.80. The number of likely N-dealkylation sites (N-methyl/N-ethyl adjacent to an activating group) is 1. The van der Waals surface area contributed by atoms with Crippen LogP contribution in [-0.2, 0) is 14.4 Å². The van der Waals surface area contributed by atoms with Gasteiger partial charge in [-0.05, 0) is 32.1 Å². The van der Waals surface area contributed by atoms with Crippen LogP contribution in [0.3, 0.4) is 0 Å². The van der Waals surface area contributed by atoms with Crippen LogP contribution >= 0.6 is 11.8 Å². The van der Waals surface area contributed by atoms with E-state index in [9.17, 15) is 14.4 Å². The summed E-state index contributed by atoms with van der Waals surface area (Å²) in [5.74, 6) is -0.854. The predicted octanol–water partition coefficient (Wildman–Crippen LogP) is 3.48. The van der Waals surface area contributed by atoms with Gasteiger partial charge in [0.05, 0.1) is 16.6 Å². The lowest BCUT2D eigenvalue weighted by atomic mass is 9.70. The number of hydrogen-bond acceptors (Lipinski definition) is 5. The van der Waals surface area contributed by atoms with Crippen molar-refractivity contribution in [1.29, 1.82) is 0 Å². The highest BCUT2D eigenvalue weighted by molar-refractivity contribution is 8.02. The summed E-state index contributed by atoms with van der Waals surface area (Å²) >= 11 is 1.73. The van der Waals surface area contributed by atoms with E-state index in [-0.39, 0.29) is 35.5 Å². The van der Waals surface area contributed by atoms with Crippen molar-refractivity contribution < 1.29 is 19.5 Å². The van der Waals surface area contributed by atoms with Crippen LogP contribution in [0.4, 0.5) is 0 Å². The molecule has 3 fully saturated rings. The van der Waals surface area contributed by atoms with Gasteiger partial charge in [-0.3, -0.25) is 14.4 Å². The zero-order valence-electron chi connectivity index (χ0n) is 22.2. The van der Waals surface area contributed by atoms with E-state index < -0.39 is 16.7 Å². The molecular formula is C28H45N3O4S. The molecule has 8 heteroatoms. The Morgan fingerprint density at radius 2 is 1.83 bits per heavy atom. The van der Waals surface area contributed by atoms with E-state index in [0.717, 1.165) is 57.8 Å². The molecular weight excluding hydrogens is 474 g/mol. The molecule has 3 heterocycles. The molecule has 2 unspecified atom stereocenters. The first-order valence-corrected chi connectivity index (χ1v) is 14.6. The molecule has 3 rings (SSSR count). The Kier molecular flexibility index (Phi) is 10.5. The summed E-state index contributed by atoms with van der Waals surface area (Å²) in [5, 5.41) is 9.19. The summed E-state index contributed by atoms with van der Waals surface area (Å²) in [6, 6.07) is -0.535. The van der Waals surface area contributed by atoms with Crippen molar-refractivity contribution in [3.63, 3.8) is 0 Å². The van der Waals surface area contributed by atoms with Crippen LogP contribution in [0, 0.1) is 11.8 Å². The molecule has 0 aromatic heterocycles. The predicted molar refractivity (Wildman–Crippen MR) is 146 cm³/mol. The Balaban J connectivity index is 1.92. The fourth-order valence-electron chi connectivity index (χ4n) is 6.41. The second kappa shape index (κ2) is 13.1. The van der Waals surface area contributed by atoms with E-state index in [0.29, 0.717) is 26.2 Å². The maximum absolute atomic E-state index is 14.2. The lowest BCUT2D eigenvalue weighted by Gasteiger charge is -2.37. The quantitative estimate of drug-likeness (QED) is 0.249. The largest absolute Gasteiger partial charge is 0.396 e. The zero-order chi connectivity index (χ0) is 26.3. The summed E-state index contributed by atoms with van der Waals surface area (Å²) in [5.41, 5.74) is 0. The second-order valence-corrected chi connectivity index (χ2v) is 12.1. The maximum Gasteiger partial charge on any atom is 0.247 e. The topological polar surface area (TPSA) is 81.2 Å². The number of carbonyl (C=O) groups is 3. The fraction of sp³-hybridized carbons (Fsp3) is 0.750. The van der Waals surface area contributed by atoms with Gasteiger partial charge in [-0.25, -0.2) is 0 Å². The number of fused-ring (bicyclic) bond motifs is 1. The Labute approximate surface area is 221 Å². The standard InChI is InChI=1S/C28H45N3O4S/c1-5-8-11-18-30(17-7-3)27(35)24-28-15-14-21(36-28)22(25(33)29(4)16-6-2)23(28)26(34)31(24)19-12-9-10-13-20-32/h6-7,21-24,32H,2-3,5,8-20H2,1,4H3/t21-,22+,23+,24?,28?/m1/s1. The number of nitrogens with zero attached hydrogens (tertiary/aromatic N) is 3. The molecule has 0 aliphatic carbocycles. The number of unbranched alkanes of at least 4 members (excludes halogenated alkanes) is 5. The van der Waals surface area contributed by atoms with Crippen molar-refractivity contribution >= 4 is 29.5 Å². The van der Waals surface area contributed by atoms with Crippen molar-refractivity contribution in [2.24, 2.45) is 11.8 Å². The van der Waals surface area contributed by atoms with Gasteiger partial charge in [0.25, 0.3) is 0 Å². The second-order valence-electron chi connectivity index (χ2n) is 10.5. The number of likely N-dealkylation sites (tertiary alicyclic amines) is 1. The van der Waals surface area contributed by atoms with Crippen molar-refractivity contribution in [3.05, 3.63) is 25.3 Å². The third kappa shape index (κ3) is 5.54. The molecule has 7 nitrogen and oxygen atoms in total. The summed E-state index contributed by atoms with van der Waals surface area (Å²) in [7, 11) is 1.77. The van der Waals surface area contributed by atoms with Gasteiger partial charge in [0.15, 0.2) is 0 Å². The molecule has 36 heavy (non-hydrogen) atoms. The summed E-state index contributed by atoms with van der Waals surface area (Å²) in [6.07, 6.45) is 11.5. The molecule has 202 valence electrons. The van der Waals surface area contributed by atoms with Gasteiger partial charge >= 0.3 is 0 Å². The highest BCUT2D eigenvalue weighted by Crippen LogP contribution is 2.66. The molecule has 0 aromatic rings. The zero-order valence-corrected chi connectivity index (χ0v) is 23.0. The number of amides is 3. The van der Waals surface area contributed by atoms with Crippen LogP contribution in [0.25, 0.3) is 0 Å². The summed E-state index contributed by atoms with van der Waals surface area (Å²) < 4.78 is -0.538. The van der Waals surface area contributed by atoms with Gasteiger partial charge in [0.1, 0.15) is 6.04 Å². The Morgan fingerprint density at radius 1 is 1.11 bits per heavy atom. The van der Waals surface area contributed by atoms with E-state index in [1.165, 1.54) is 0 Å². The molecule has 0 aromatic carbocycles. The van der Waals surface area contributed by atoms with Crippen LogP contribution in [0.1, 0.15) is 64.7 Å². The smallest absolute Gasteiger partial charge is 0.247 e. The van der Waals surface area contributed by atoms with Crippen LogP contribution in [0.2, 0.25) is 0 Å². The van der Waals surface area contributed by atoms with Crippen LogP contribution in [0.15, 0.2) is 25.3 Å². The molecule has 2 bridgehead atoms. The Bertz CT molecular complexity index is 821. The average molecular weight is 520 g/mol. The van der Waals surface area contributed by atoms with Crippen molar-refractivity contribution in [1.82, 2.24) is 14.7 Å². The molecule has 3 aliphatic heterocycles. The molecule has 0 saturated carbocycles. The molecule has 1 spiro atoms. The number of aliphatic hydroxyl groups is 1. The SMILES string of the molecule is C=CCN(C)C(=O)[C@@H]1[C@H]2C(=O)N(CCCCCCO)C(C(=O)N(CC=C)CCCCC)C23CC[C@H]1S3. The lowest BCUT2D eigenvalue weighted by molar-refractivity contribution is -0.144. The molecule has 1 N–H and O–H groups in total. The van der Waals surface area contributed by atoms with E-state index in [1.807, 2.05) is 9.80 Å². The molecule has 3 amide bonds. The molecule has 0 radical (unpaired) electrons. The van der Waals surface area contributed by atoms with Crippen molar-refractivity contribution in [2.75, 3.05) is 39.8 Å². The summed E-state index contributed by atoms with van der Waals surface area (Å²) in [4.78, 5) is 47.1. The third-order valence-electron chi connectivity index (χ3n) is 8.10. The highest BCUT2D eigenvalue weighted by atomic mass is 32.2. The fourth-order valence-corrected chi connectivity index (χ4v) is 8.62. The van der Waals surface area contributed by atoms with Gasteiger partial charge < -0.3 is 19.8 Å². The first-order valence-electron chi connectivity index (χ1n) is 13.7. The van der Waals surface area contributed by atoms with Gasteiger partial charge in [-0.2, -0.15) is 0 Å². The van der Waals surface area contributed by atoms with Crippen LogP contribution < -0.4 is 0 Å². The van der Waals surface area contributed by atoms with Crippen LogP contribution in [-0.4, -0.2) is 93.4 Å². The minimum absolute atomic E-state index is 0.00536. The third-order valence-corrected chi connectivity index (χ3v) is 10.1. The summed E-state index contributed by atoms with van der Waals surface area (Å²) in [6.45, 7) is 12.0.